The second kappa shape index (κ2) is 39.4. The van der Waals surface area contributed by atoms with Crippen LogP contribution in [-0.2, 0) is 0 Å². The van der Waals surface area contributed by atoms with E-state index in [-0.39, 0.29) is 12.4 Å². The van der Waals surface area contributed by atoms with E-state index in [0.717, 1.165) is 6.42 Å². The van der Waals surface area contributed by atoms with Crippen LogP contribution >= 0.6 is 0 Å². The van der Waals surface area contributed by atoms with Crippen LogP contribution in [0.1, 0.15) is 232 Å². The molecule has 0 aromatic rings. The molecule has 0 aromatic heterocycles. The summed E-state index contributed by atoms with van der Waals surface area (Å²) in [5.74, 6) is 0. The van der Waals surface area contributed by atoms with Crippen LogP contribution in [0.2, 0.25) is 0 Å². The molecular weight excluding hydrogens is 558 g/mol. The second-order valence-electron chi connectivity index (χ2n) is 14.8. The lowest BCUT2D eigenvalue weighted by atomic mass is 10.0. The Morgan fingerprint density at radius 2 is 0.477 bits per heavy atom. The molecule has 268 valence electrons. The zero-order valence-corrected chi connectivity index (χ0v) is 31.9. The van der Waals surface area contributed by atoms with E-state index < -0.39 is 0 Å². The van der Waals surface area contributed by atoms with Gasteiger partial charge in [0.05, 0.1) is 26.7 Å². The van der Waals surface area contributed by atoms with Crippen LogP contribution in [0.3, 0.4) is 0 Å². The smallest absolute Gasteiger partial charge is 0.0785 e. The molecule has 0 atom stereocenters. The van der Waals surface area contributed by atoms with Crippen molar-refractivity contribution in [3.8, 4) is 0 Å². The summed E-state index contributed by atoms with van der Waals surface area (Å²) in [7, 11) is 2.51. The summed E-state index contributed by atoms with van der Waals surface area (Å²) in [6.07, 6.45) is 48.5. The molecule has 3 heteroatoms. The summed E-state index contributed by atoms with van der Waals surface area (Å²) in [5.41, 5.74) is 0. The lowest BCUT2D eigenvalue weighted by molar-refractivity contribution is -0.910. The first-order valence-electron chi connectivity index (χ1n) is 20.6. The molecule has 0 radical (unpaired) electrons. The number of hydrogen-bond donors (Lipinski definition) is 1. The Balaban J connectivity index is 0. The van der Waals surface area contributed by atoms with Crippen molar-refractivity contribution >= 4 is 0 Å². The second-order valence-corrected chi connectivity index (χ2v) is 14.8. The number of unbranched alkanes of at least 4 members (excludes halogenated alkanes) is 31. The summed E-state index contributed by atoms with van der Waals surface area (Å²) in [4.78, 5) is 0. The maximum Gasteiger partial charge on any atom is 0.0785 e. The van der Waals surface area contributed by atoms with Gasteiger partial charge in [-0.15, -0.1) is 0 Å². The Morgan fingerprint density at radius 1 is 0.295 bits per heavy atom. The van der Waals surface area contributed by atoms with Gasteiger partial charge in [0.25, 0.3) is 0 Å². The van der Waals surface area contributed by atoms with Crippen molar-refractivity contribution in [2.45, 2.75) is 232 Å². The van der Waals surface area contributed by atoms with E-state index >= 15 is 0 Å². The minimum absolute atomic E-state index is 0. The van der Waals surface area contributed by atoms with Gasteiger partial charge in [0.1, 0.15) is 0 Å². The fourth-order valence-electron chi connectivity index (χ4n) is 7.02. The zero-order chi connectivity index (χ0) is 31.4. The van der Waals surface area contributed by atoms with E-state index in [4.69, 9.17) is 0 Å². The van der Waals surface area contributed by atoms with Crippen molar-refractivity contribution in [2.75, 3.05) is 33.3 Å². The third-order valence-corrected chi connectivity index (χ3v) is 10.2. The normalized spacial score (nSPS) is 11.7. The predicted molar refractivity (Wildman–Crippen MR) is 196 cm³/mol. The third-order valence-electron chi connectivity index (χ3n) is 10.2. The first kappa shape index (κ1) is 46.3. The quantitative estimate of drug-likeness (QED) is 0.0524. The van der Waals surface area contributed by atoms with Gasteiger partial charge in [0, 0.05) is 6.61 Å². The van der Waals surface area contributed by atoms with Crippen molar-refractivity contribution in [1.82, 2.24) is 0 Å². The molecular formula is C41H86ClNO. The highest BCUT2D eigenvalue weighted by Crippen LogP contribution is 2.18. The molecule has 0 aliphatic carbocycles. The summed E-state index contributed by atoms with van der Waals surface area (Å²) in [5, 5.41) is 9.31. The van der Waals surface area contributed by atoms with Crippen molar-refractivity contribution < 1.29 is 22.0 Å². The van der Waals surface area contributed by atoms with Gasteiger partial charge >= 0.3 is 0 Å². The Morgan fingerprint density at radius 3 is 0.682 bits per heavy atom. The minimum atomic E-state index is 0. The molecule has 0 amide bonds. The third kappa shape index (κ3) is 36.7. The van der Waals surface area contributed by atoms with Gasteiger partial charge in [-0.1, -0.05) is 194 Å². The monoisotopic (exact) mass is 644 g/mol. The number of nitrogens with zero attached hydrogens (tertiary/aromatic N) is 1. The zero-order valence-electron chi connectivity index (χ0n) is 31.1. The number of halogens is 1. The molecule has 0 unspecified atom stereocenters. The summed E-state index contributed by atoms with van der Waals surface area (Å²) >= 11 is 0. The fraction of sp³-hybridized carbons (Fsp3) is 1.00. The highest BCUT2D eigenvalue weighted by molar-refractivity contribution is 4.53. The van der Waals surface area contributed by atoms with Crippen molar-refractivity contribution in [3.63, 3.8) is 0 Å². The first-order chi connectivity index (χ1) is 21.2. The Kier molecular flexibility index (Phi) is 41.5. The minimum Gasteiger partial charge on any atom is -1.00 e. The molecule has 0 heterocycles. The predicted octanol–water partition coefficient (Wildman–Crippen LogP) is 10.7. The number of aliphatic hydroxyl groups is 1. The molecule has 0 spiro atoms. The Hall–Kier alpha value is 0.210. The molecule has 0 aliphatic rings. The molecule has 44 heavy (non-hydrogen) atoms. The van der Waals surface area contributed by atoms with E-state index in [2.05, 4.69) is 20.9 Å². The molecule has 0 aliphatic heterocycles. The number of hydrogen-bond acceptors (Lipinski definition) is 1. The van der Waals surface area contributed by atoms with Crippen molar-refractivity contribution in [2.24, 2.45) is 0 Å². The fourth-order valence-corrected chi connectivity index (χ4v) is 7.02. The van der Waals surface area contributed by atoms with Crippen LogP contribution in [0.5, 0.6) is 0 Å². The topological polar surface area (TPSA) is 20.2 Å². The van der Waals surface area contributed by atoms with Crippen LogP contribution < -0.4 is 12.4 Å². The molecule has 1 N–H and O–H groups in total. The number of quaternary nitrogens is 1. The van der Waals surface area contributed by atoms with E-state index in [1.165, 1.54) is 236 Å². The van der Waals surface area contributed by atoms with Crippen LogP contribution in [0, 0.1) is 0 Å². The highest BCUT2D eigenvalue weighted by Gasteiger charge is 2.20. The molecule has 0 saturated heterocycles. The van der Waals surface area contributed by atoms with Gasteiger partial charge in [-0.25, -0.2) is 0 Å². The molecule has 2 nitrogen and oxygen atoms in total. The summed E-state index contributed by atoms with van der Waals surface area (Å²) in [6, 6.07) is 0. The maximum atomic E-state index is 9.31. The van der Waals surface area contributed by atoms with Crippen LogP contribution in [0.4, 0.5) is 0 Å². The van der Waals surface area contributed by atoms with E-state index in [1.807, 2.05) is 0 Å². The van der Waals surface area contributed by atoms with E-state index in [1.54, 1.807) is 0 Å². The number of aliphatic hydroxyl groups excluding tert-OH is 1. The standard InChI is InChI=1S/C41H86NO.ClH/c1-4-6-8-10-12-14-16-18-20-22-24-26-28-30-32-34-38-42(3,40-36-37-41-43)39-35-33-31-29-27-25-23-21-19-17-15-13-11-9-7-5-2;/h43H,4-41H2,1-3H3;1H/q+1;/p-1. The summed E-state index contributed by atoms with van der Waals surface area (Å²) < 4.78 is 1.25. The van der Waals surface area contributed by atoms with Gasteiger partial charge < -0.3 is 22.0 Å². The van der Waals surface area contributed by atoms with Crippen LogP contribution in [-0.4, -0.2) is 42.9 Å². The van der Waals surface area contributed by atoms with E-state index in [0.29, 0.717) is 6.61 Å². The van der Waals surface area contributed by atoms with Gasteiger partial charge in [0.15, 0.2) is 0 Å². The SMILES string of the molecule is CCCCCCCCCCCCCCCCCC[N+](C)(CCCCO)CCCCCCCCCCCCCCCCCC.[Cl-]. The Bertz CT molecular complexity index is 463. The Labute approximate surface area is 286 Å². The number of rotatable bonds is 38. The molecule has 0 fully saturated rings. The van der Waals surface area contributed by atoms with Gasteiger partial charge in [-0.3, -0.25) is 0 Å². The lowest BCUT2D eigenvalue weighted by Gasteiger charge is -2.35. The lowest BCUT2D eigenvalue weighted by Crippen LogP contribution is -3.00. The molecule has 0 rings (SSSR count). The summed E-state index contributed by atoms with van der Waals surface area (Å²) in [6.45, 7) is 8.93. The average Bonchev–Trinajstić information content (AvgIpc) is 3.01. The first-order valence-corrected chi connectivity index (χ1v) is 20.6. The van der Waals surface area contributed by atoms with Gasteiger partial charge in [-0.05, 0) is 38.5 Å². The van der Waals surface area contributed by atoms with Gasteiger partial charge in [-0.2, -0.15) is 0 Å². The van der Waals surface area contributed by atoms with Crippen LogP contribution in [0.15, 0.2) is 0 Å². The average molecular weight is 645 g/mol. The molecule has 0 aromatic carbocycles. The van der Waals surface area contributed by atoms with Crippen LogP contribution in [0.25, 0.3) is 0 Å². The molecule has 0 saturated carbocycles. The van der Waals surface area contributed by atoms with Crippen molar-refractivity contribution in [3.05, 3.63) is 0 Å². The highest BCUT2D eigenvalue weighted by atomic mass is 35.5. The largest absolute Gasteiger partial charge is 1.00 e. The van der Waals surface area contributed by atoms with E-state index in [9.17, 15) is 5.11 Å². The molecule has 0 bridgehead atoms. The van der Waals surface area contributed by atoms with Gasteiger partial charge in [0.2, 0.25) is 0 Å². The maximum absolute atomic E-state index is 9.31. The van der Waals surface area contributed by atoms with Crippen molar-refractivity contribution in [1.29, 1.82) is 0 Å².